The molecule has 0 atom stereocenters. The molecule has 1 aliphatic rings. The highest BCUT2D eigenvalue weighted by Crippen LogP contribution is 2.28. The van der Waals surface area contributed by atoms with Crippen LogP contribution in [0, 0.1) is 0 Å². The number of hydrogen-bond acceptors (Lipinski definition) is 4. The summed E-state index contributed by atoms with van der Waals surface area (Å²) in [4.78, 5) is 16.9. The number of thiazole rings is 1. The second kappa shape index (κ2) is 4.72. The van der Waals surface area contributed by atoms with Crippen molar-refractivity contribution in [3.05, 3.63) is 10.6 Å². The Labute approximate surface area is 92.9 Å². The van der Waals surface area contributed by atoms with Gasteiger partial charge in [0.25, 0.3) is 0 Å². The molecule has 2 rings (SSSR count). The van der Waals surface area contributed by atoms with Gasteiger partial charge in [-0.1, -0.05) is 6.42 Å². The van der Waals surface area contributed by atoms with Gasteiger partial charge in [-0.25, -0.2) is 4.98 Å². The first-order chi connectivity index (χ1) is 7.29. The van der Waals surface area contributed by atoms with Crippen LogP contribution in [-0.2, 0) is 17.6 Å². The van der Waals surface area contributed by atoms with E-state index < -0.39 is 0 Å². The van der Waals surface area contributed by atoms with Gasteiger partial charge in [-0.2, -0.15) is 0 Å². The Balaban J connectivity index is 2.11. The third kappa shape index (κ3) is 2.54. The van der Waals surface area contributed by atoms with E-state index in [1.165, 1.54) is 29.8 Å². The summed E-state index contributed by atoms with van der Waals surface area (Å²) in [6.07, 6.45) is 5.88. The number of rotatable bonds is 2. The topological polar surface area (TPSA) is 68.0 Å². The van der Waals surface area contributed by atoms with Crippen molar-refractivity contribution < 1.29 is 4.79 Å². The quantitative estimate of drug-likeness (QED) is 0.746. The highest BCUT2D eigenvalue weighted by molar-refractivity contribution is 7.15. The molecule has 1 aromatic rings. The van der Waals surface area contributed by atoms with Crippen LogP contribution in [0.2, 0.25) is 0 Å². The van der Waals surface area contributed by atoms with Gasteiger partial charge >= 0.3 is 0 Å². The van der Waals surface area contributed by atoms with Crippen LogP contribution in [0.3, 0.4) is 0 Å². The number of hydrogen-bond donors (Lipinski definition) is 2. The molecule has 0 saturated heterocycles. The molecule has 0 aliphatic heterocycles. The van der Waals surface area contributed by atoms with Crippen molar-refractivity contribution in [2.75, 3.05) is 11.9 Å². The summed E-state index contributed by atoms with van der Waals surface area (Å²) in [5.41, 5.74) is 6.40. The summed E-state index contributed by atoms with van der Waals surface area (Å²) < 4.78 is 0. The molecular weight excluding hydrogens is 210 g/mol. The van der Waals surface area contributed by atoms with E-state index in [1.54, 1.807) is 11.3 Å². The summed E-state index contributed by atoms with van der Waals surface area (Å²) in [7, 11) is 0. The molecule has 82 valence electrons. The SMILES string of the molecule is NCC(=O)Nc1nc2c(s1)CCCCC2. The summed E-state index contributed by atoms with van der Waals surface area (Å²) in [5.74, 6) is -0.168. The van der Waals surface area contributed by atoms with E-state index in [-0.39, 0.29) is 12.5 Å². The minimum Gasteiger partial charge on any atom is -0.322 e. The highest BCUT2D eigenvalue weighted by Gasteiger charge is 2.14. The number of nitrogens with one attached hydrogen (secondary N) is 1. The number of amides is 1. The summed E-state index contributed by atoms with van der Waals surface area (Å²) in [5, 5.41) is 3.42. The number of nitrogens with two attached hydrogens (primary N) is 1. The number of aromatic nitrogens is 1. The van der Waals surface area contributed by atoms with Gasteiger partial charge in [-0.05, 0) is 25.7 Å². The Kier molecular flexibility index (Phi) is 3.33. The number of carbonyl (C=O) groups is 1. The zero-order chi connectivity index (χ0) is 10.7. The molecule has 0 unspecified atom stereocenters. The minimum absolute atomic E-state index is 0.0181. The molecule has 1 aliphatic carbocycles. The van der Waals surface area contributed by atoms with Crippen LogP contribution in [0.1, 0.15) is 29.8 Å². The van der Waals surface area contributed by atoms with Crippen molar-refractivity contribution in [1.29, 1.82) is 0 Å². The summed E-state index contributed by atoms with van der Waals surface area (Å²) in [6.45, 7) is 0.0181. The van der Waals surface area contributed by atoms with Crippen LogP contribution in [0.15, 0.2) is 0 Å². The van der Waals surface area contributed by atoms with Crippen molar-refractivity contribution in [3.63, 3.8) is 0 Å². The molecule has 0 radical (unpaired) electrons. The third-order valence-electron chi connectivity index (χ3n) is 2.53. The van der Waals surface area contributed by atoms with Crippen LogP contribution >= 0.6 is 11.3 Å². The van der Waals surface area contributed by atoms with Crippen LogP contribution in [0.4, 0.5) is 5.13 Å². The van der Waals surface area contributed by atoms with Crippen molar-refractivity contribution in [1.82, 2.24) is 4.98 Å². The summed E-state index contributed by atoms with van der Waals surface area (Å²) >= 11 is 1.59. The van der Waals surface area contributed by atoms with Gasteiger partial charge in [-0.3, -0.25) is 4.79 Å². The lowest BCUT2D eigenvalue weighted by molar-refractivity contribution is -0.114. The monoisotopic (exact) mass is 225 g/mol. The van der Waals surface area contributed by atoms with E-state index in [2.05, 4.69) is 10.3 Å². The molecular formula is C10H15N3OS. The van der Waals surface area contributed by atoms with Gasteiger partial charge in [0.1, 0.15) is 0 Å². The second-order valence-corrected chi connectivity index (χ2v) is 4.79. The maximum atomic E-state index is 11.1. The fraction of sp³-hybridized carbons (Fsp3) is 0.600. The molecule has 0 saturated carbocycles. The highest BCUT2D eigenvalue weighted by atomic mass is 32.1. The maximum absolute atomic E-state index is 11.1. The van der Waals surface area contributed by atoms with E-state index >= 15 is 0 Å². The zero-order valence-corrected chi connectivity index (χ0v) is 9.40. The van der Waals surface area contributed by atoms with Gasteiger partial charge < -0.3 is 11.1 Å². The molecule has 0 aromatic carbocycles. The van der Waals surface area contributed by atoms with Crippen LogP contribution in [-0.4, -0.2) is 17.4 Å². The first-order valence-electron chi connectivity index (χ1n) is 5.28. The third-order valence-corrected chi connectivity index (χ3v) is 3.60. The maximum Gasteiger partial charge on any atom is 0.239 e. The number of aryl methyl sites for hydroxylation is 2. The van der Waals surface area contributed by atoms with Gasteiger partial charge in [0, 0.05) is 4.88 Å². The first-order valence-corrected chi connectivity index (χ1v) is 6.09. The van der Waals surface area contributed by atoms with E-state index in [4.69, 9.17) is 5.73 Å². The average molecular weight is 225 g/mol. The predicted molar refractivity (Wildman–Crippen MR) is 61.1 cm³/mol. The van der Waals surface area contributed by atoms with E-state index in [0.29, 0.717) is 5.13 Å². The Hall–Kier alpha value is -0.940. The van der Waals surface area contributed by atoms with Gasteiger partial charge in [0.2, 0.25) is 5.91 Å². The zero-order valence-electron chi connectivity index (χ0n) is 8.58. The fourth-order valence-electron chi connectivity index (χ4n) is 1.75. The lowest BCUT2D eigenvalue weighted by Crippen LogP contribution is -2.21. The smallest absolute Gasteiger partial charge is 0.239 e. The number of fused-ring (bicyclic) bond motifs is 1. The fourth-order valence-corrected chi connectivity index (χ4v) is 2.82. The molecule has 0 spiro atoms. The lowest BCUT2D eigenvalue weighted by atomic mass is 10.2. The molecule has 1 aromatic heterocycles. The van der Waals surface area contributed by atoms with Crippen molar-refractivity contribution in [2.45, 2.75) is 32.1 Å². The van der Waals surface area contributed by atoms with Crippen molar-refractivity contribution in [3.8, 4) is 0 Å². The lowest BCUT2D eigenvalue weighted by Gasteiger charge is -1.97. The molecule has 0 fully saturated rings. The summed E-state index contributed by atoms with van der Waals surface area (Å²) in [6, 6.07) is 0. The number of anilines is 1. The van der Waals surface area contributed by atoms with E-state index in [0.717, 1.165) is 12.8 Å². The predicted octanol–water partition coefficient (Wildman–Crippen LogP) is 1.31. The number of nitrogens with zero attached hydrogens (tertiary/aromatic N) is 1. The normalized spacial score (nSPS) is 15.5. The Morgan fingerprint density at radius 3 is 3.00 bits per heavy atom. The first kappa shape index (κ1) is 10.6. The van der Waals surface area contributed by atoms with Crippen molar-refractivity contribution >= 4 is 22.4 Å². The molecule has 15 heavy (non-hydrogen) atoms. The van der Waals surface area contributed by atoms with Crippen LogP contribution in [0.25, 0.3) is 0 Å². The average Bonchev–Trinajstić information content (AvgIpc) is 2.48. The van der Waals surface area contributed by atoms with Gasteiger partial charge in [0.05, 0.1) is 12.2 Å². The van der Waals surface area contributed by atoms with Crippen molar-refractivity contribution in [2.24, 2.45) is 5.73 Å². The van der Waals surface area contributed by atoms with Gasteiger partial charge in [0.15, 0.2) is 5.13 Å². The Morgan fingerprint density at radius 1 is 1.40 bits per heavy atom. The van der Waals surface area contributed by atoms with Crippen LogP contribution < -0.4 is 11.1 Å². The minimum atomic E-state index is -0.168. The molecule has 1 heterocycles. The number of carbonyl (C=O) groups excluding carboxylic acids is 1. The molecule has 4 nitrogen and oxygen atoms in total. The molecule has 5 heteroatoms. The standard InChI is InChI=1S/C10H15N3OS/c11-6-9(14)13-10-12-7-4-2-1-3-5-8(7)15-10/h1-6,11H2,(H,12,13,14). The Bertz CT molecular complexity index is 338. The molecule has 1 amide bonds. The molecule has 0 bridgehead atoms. The Morgan fingerprint density at radius 2 is 2.20 bits per heavy atom. The van der Waals surface area contributed by atoms with Gasteiger partial charge in [-0.15, -0.1) is 11.3 Å². The van der Waals surface area contributed by atoms with Crippen LogP contribution in [0.5, 0.6) is 0 Å². The molecule has 3 N–H and O–H groups in total. The largest absolute Gasteiger partial charge is 0.322 e. The second-order valence-electron chi connectivity index (χ2n) is 3.70. The van der Waals surface area contributed by atoms with E-state index in [1.807, 2.05) is 0 Å². The van der Waals surface area contributed by atoms with E-state index in [9.17, 15) is 4.79 Å².